The molecule has 0 atom stereocenters. The highest BCUT2D eigenvalue weighted by Crippen LogP contribution is 2.51. The van der Waals surface area contributed by atoms with E-state index in [0.29, 0.717) is 11.5 Å². The highest BCUT2D eigenvalue weighted by molar-refractivity contribution is 8.18. The number of thioether (sulfide) groups is 2. The first kappa shape index (κ1) is 33.6. The second-order valence-corrected chi connectivity index (χ2v) is 19.4. The summed E-state index contributed by atoms with van der Waals surface area (Å²) in [5, 5.41) is 0. The molecule has 6 rings (SSSR count). The van der Waals surface area contributed by atoms with Crippen molar-refractivity contribution in [3.05, 3.63) is 46.5 Å². The van der Waals surface area contributed by atoms with Crippen LogP contribution in [0.1, 0.15) is 132 Å². The number of benzene rings is 2. The van der Waals surface area contributed by atoms with Crippen LogP contribution in [-0.2, 0) is 31.2 Å². The van der Waals surface area contributed by atoms with E-state index in [0.717, 1.165) is 32.0 Å². The number of hydrogen-bond acceptors (Lipinski definition) is 6. The van der Waals surface area contributed by atoms with E-state index in [4.69, 9.17) is 9.47 Å². The average molecular weight is 599 g/mol. The SMILES string of the molecule is CC1(C)Sc2cc(C(C)(C)C)c(c(C(C)(C)C)c2)OC(=O)CCC(=O)Oc2c(C(C)(C)C)cc(cc2C(C)(C)C)S1. The van der Waals surface area contributed by atoms with Gasteiger partial charge in [-0.15, -0.1) is 23.5 Å². The predicted molar refractivity (Wildman–Crippen MR) is 174 cm³/mol. The van der Waals surface area contributed by atoms with Crippen molar-refractivity contribution >= 4 is 35.5 Å². The standard InChI is InChI=1S/C35H50O4S2/c1-31(2,3)23-17-21-18-24(32(4,5)6)29(23)38-27(36)15-16-28(37)39-30-25(33(7,8)9)19-22(41-35(13,14)40-21)20-26(30)34(10,11)12/h17-20H,15-16H2,1-14H3. The molecule has 0 saturated carbocycles. The molecule has 4 nitrogen and oxygen atoms in total. The number of ether oxygens (including phenoxy) is 2. The lowest BCUT2D eigenvalue weighted by Crippen LogP contribution is -2.24. The monoisotopic (exact) mass is 598 g/mol. The lowest BCUT2D eigenvalue weighted by Gasteiger charge is -2.32. The van der Waals surface area contributed by atoms with Crippen LogP contribution in [0.15, 0.2) is 34.1 Å². The van der Waals surface area contributed by atoms with Crippen molar-refractivity contribution in [3.63, 3.8) is 0 Å². The molecule has 0 radical (unpaired) electrons. The Kier molecular flexibility index (Phi) is 9.25. The first-order chi connectivity index (χ1) is 18.4. The molecule has 0 aromatic heterocycles. The number of esters is 2. The summed E-state index contributed by atoms with van der Waals surface area (Å²) < 4.78 is 12.0. The maximum atomic E-state index is 13.3. The van der Waals surface area contributed by atoms with E-state index < -0.39 is 11.9 Å². The van der Waals surface area contributed by atoms with Crippen LogP contribution in [0.4, 0.5) is 0 Å². The van der Waals surface area contributed by atoms with E-state index >= 15 is 0 Å². The Hall–Kier alpha value is -1.92. The van der Waals surface area contributed by atoms with Crippen LogP contribution in [0.25, 0.3) is 0 Å². The highest BCUT2D eigenvalue weighted by Gasteiger charge is 2.34. The zero-order chi connectivity index (χ0) is 31.3. The Morgan fingerprint density at radius 1 is 0.537 bits per heavy atom. The van der Waals surface area contributed by atoms with Crippen molar-refractivity contribution in [2.24, 2.45) is 0 Å². The molecule has 0 unspecified atom stereocenters. The maximum Gasteiger partial charge on any atom is 0.311 e. The Morgan fingerprint density at radius 3 is 1.00 bits per heavy atom. The van der Waals surface area contributed by atoms with Crippen molar-refractivity contribution in [1.29, 1.82) is 0 Å². The second kappa shape index (κ2) is 11.3. The van der Waals surface area contributed by atoms with Crippen LogP contribution in [0.5, 0.6) is 11.5 Å². The molecule has 41 heavy (non-hydrogen) atoms. The fraction of sp³-hybridized carbons (Fsp3) is 0.600. The van der Waals surface area contributed by atoms with E-state index in [9.17, 15) is 9.59 Å². The fourth-order valence-electron chi connectivity index (χ4n) is 4.89. The average Bonchev–Trinajstić information content (AvgIpc) is 2.75. The zero-order valence-electron chi connectivity index (χ0n) is 27.7. The van der Waals surface area contributed by atoms with Gasteiger partial charge in [0.15, 0.2) is 0 Å². The molecule has 226 valence electrons. The number of carbonyl (C=O) groups excluding carboxylic acids is 2. The zero-order valence-corrected chi connectivity index (χ0v) is 29.3. The van der Waals surface area contributed by atoms with Gasteiger partial charge in [-0.25, -0.2) is 0 Å². The molecule has 6 heteroatoms. The van der Waals surface area contributed by atoms with Gasteiger partial charge in [-0.3, -0.25) is 9.59 Å². The van der Waals surface area contributed by atoms with Crippen LogP contribution in [-0.4, -0.2) is 16.0 Å². The summed E-state index contributed by atoms with van der Waals surface area (Å²) in [6.07, 6.45) is -0.113. The van der Waals surface area contributed by atoms with E-state index in [2.05, 4.69) is 121 Å². The van der Waals surface area contributed by atoms with Crippen molar-refractivity contribution < 1.29 is 19.1 Å². The first-order valence-corrected chi connectivity index (χ1v) is 16.2. The Bertz CT molecular complexity index is 1150. The highest BCUT2D eigenvalue weighted by atomic mass is 32.2. The third-order valence-corrected chi connectivity index (χ3v) is 9.48. The summed E-state index contributed by atoms with van der Waals surface area (Å²) in [5.74, 6) is 0.362. The minimum Gasteiger partial charge on any atom is -0.426 e. The van der Waals surface area contributed by atoms with Gasteiger partial charge in [0.25, 0.3) is 0 Å². The lowest BCUT2D eigenvalue weighted by molar-refractivity contribution is -0.140. The first-order valence-electron chi connectivity index (χ1n) is 14.6. The van der Waals surface area contributed by atoms with Crippen molar-refractivity contribution in [2.75, 3.05) is 0 Å². The molecule has 4 aliphatic heterocycles. The second-order valence-electron chi connectivity index (χ2n) is 15.7. The largest absolute Gasteiger partial charge is 0.426 e. The van der Waals surface area contributed by atoms with Crippen LogP contribution >= 0.6 is 23.5 Å². The molecule has 2 aromatic carbocycles. The van der Waals surface area contributed by atoms with Crippen LogP contribution < -0.4 is 9.47 Å². The van der Waals surface area contributed by atoms with Gasteiger partial charge in [-0.2, -0.15) is 0 Å². The molecule has 0 spiro atoms. The van der Waals surface area contributed by atoms with E-state index in [1.165, 1.54) is 0 Å². The molecular weight excluding hydrogens is 549 g/mol. The summed E-state index contributed by atoms with van der Waals surface area (Å²) in [7, 11) is 0. The van der Waals surface area contributed by atoms with Gasteiger partial charge in [0.2, 0.25) is 0 Å². The quantitative estimate of drug-likeness (QED) is 0.222. The van der Waals surface area contributed by atoms with Crippen molar-refractivity contribution in [2.45, 2.75) is 145 Å². The van der Waals surface area contributed by atoms with E-state index in [1.54, 1.807) is 0 Å². The Morgan fingerprint density at radius 2 is 0.780 bits per heavy atom. The van der Waals surface area contributed by atoms with Gasteiger partial charge in [0.05, 0.1) is 16.9 Å². The summed E-state index contributed by atoms with van der Waals surface area (Å²) in [5.41, 5.74) is 2.91. The molecule has 0 fully saturated rings. The fourth-order valence-corrected chi connectivity index (χ4v) is 7.48. The van der Waals surface area contributed by atoms with Gasteiger partial charge in [-0.1, -0.05) is 83.1 Å². The molecule has 4 aliphatic rings. The van der Waals surface area contributed by atoms with Gasteiger partial charge in [0, 0.05) is 32.0 Å². The van der Waals surface area contributed by atoms with Gasteiger partial charge < -0.3 is 9.47 Å². The maximum absolute atomic E-state index is 13.3. The number of hydrogen-bond donors (Lipinski definition) is 0. The molecule has 2 aromatic rings. The van der Waals surface area contributed by atoms with Crippen LogP contribution in [0, 0.1) is 0 Å². The molecule has 4 heterocycles. The normalized spacial score (nSPS) is 17.3. The third kappa shape index (κ3) is 8.34. The number of carbonyl (C=O) groups is 2. The summed E-state index contributed by atoms with van der Waals surface area (Å²) in [4.78, 5) is 28.8. The smallest absolute Gasteiger partial charge is 0.311 e. The summed E-state index contributed by atoms with van der Waals surface area (Å²) >= 11 is 3.64. The summed E-state index contributed by atoms with van der Waals surface area (Å²) in [6, 6.07) is 8.73. The van der Waals surface area contributed by atoms with Crippen molar-refractivity contribution in [1.82, 2.24) is 0 Å². The van der Waals surface area contributed by atoms with Crippen molar-refractivity contribution in [3.8, 4) is 11.5 Å². The topological polar surface area (TPSA) is 52.6 Å². The molecular formula is C35H50O4S2. The summed E-state index contributed by atoms with van der Waals surface area (Å²) in [6.45, 7) is 30.2. The van der Waals surface area contributed by atoms with Gasteiger partial charge in [-0.05, 0) is 59.8 Å². The number of rotatable bonds is 0. The molecule has 0 aliphatic carbocycles. The minimum atomic E-state index is -0.430. The lowest BCUT2D eigenvalue weighted by atomic mass is 9.79. The van der Waals surface area contributed by atoms with Gasteiger partial charge >= 0.3 is 11.9 Å². The van der Waals surface area contributed by atoms with Crippen LogP contribution in [0.3, 0.4) is 0 Å². The molecule has 0 amide bonds. The molecule has 4 bridgehead atoms. The molecule has 0 saturated heterocycles. The van der Waals surface area contributed by atoms with E-state index in [-0.39, 0.29) is 38.6 Å². The Labute approximate surface area is 257 Å². The minimum absolute atomic E-state index is 0.0564. The Balaban J connectivity index is 2.33. The van der Waals surface area contributed by atoms with E-state index in [1.807, 2.05) is 23.5 Å². The van der Waals surface area contributed by atoms with Crippen LogP contribution in [0.2, 0.25) is 0 Å². The third-order valence-electron chi connectivity index (χ3n) is 7.05. The molecule has 0 N–H and O–H groups in total. The predicted octanol–water partition coefficient (Wildman–Crippen LogP) is 10.1. The van der Waals surface area contributed by atoms with Gasteiger partial charge in [0.1, 0.15) is 11.5 Å².